The lowest BCUT2D eigenvalue weighted by atomic mass is 10.3. The molecule has 0 fully saturated rings. The molecule has 0 spiro atoms. The summed E-state index contributed by atoms with van der Waals surface area (Å²) < 4.78 is 0. The third kappa shape index (κ3) is 5.72. The molecule has 1 amide bonds. The summed E-state index contributed by atoms with van der Waals surface area (Å²) in [6.45, 7) is 8.21. The quantitative estimate of drug-likeness (QED) is 0.659. The maximum Gasteiger partial charge on any atom is 0.236 e. The molecule has 0 saturated carbocycles. The Morgan fingerprint density at radius 1 is 1.38 bits per heavy atom. The topological polar surface area (TPSA) is 47.3 Å². The minimum absolute atomic E-state index is 0.0948. The van der Waals surface area contributed by atoms with Crippen LogP contribution in [0.1, 0.15) is 33.6 Å². The summed E-state index contributed by atoms with van der Waals surface area (Å²) >= 11 is 0. The van der Waals surface area contributed by atoms with E-state index in [4.69, 9.17) is 5.26 Å². The Balaban J connectivity index is 4.13. The van der Waals surface area contributed by atoms with Gasteiger partial charge in [0.2, 0.25) is 5.91 Å². The number of carbonyl (C=O) groups is 1. The highest BCUT2D eigenvalue weighted by Gasteiger charge is 2.15. The largest absolute Gasteiger partial charge is 0.344 e. The molecule has 0 aliphatic carbocycles. The highest BCUT2D eigenvalue weighted by atomic mass is 16.2. The lowest BCUT2D eigenvalue weighted by Crippen LogP contribution is -2.42. The molecule has 0 aliphatic heterocycles. The maximum atomic E-state index is 11.8. The summed E-state index contributed by atoms with van der Waals surface area (Å²) in [5.41, 5.74) is 0. The fourth-order valence-electron chi connectivity index (χ4n) is 1.44. The molecule has 0 aliphatic rings. The van der Waals surface area contributed by atoms with E-state index < -0.39 is 0 Å². The van der Waals surface area contributed by atoms with Crippen molar-refractivity contribution in [1.82, 2.24) is 9.80 Å². The summed E-state index contributed by atoms with van der Waals surface area (Å²) in [6, 6.07) is 2.43. The first kappa shape index (κ1) is 14.9. The Hall–Kier alpha value is -1.08. The average Bonchev–Trinajstić information content (AvgIpc) is 2.24. The SMILES string of the molecule is CCCN(CC(=O)N(C)CCC#N)C(C)C. The molecule has 0 unspecified atom stereocenters. The number of nitriles is 1. The second kappa shape index (κ2) is 8.12. The number of rotatable bonds is 7. The van der Waals surface area contributed by atoms with Crippen LogP contribution in [0.25, 0.3) is 0 Å². The lowest BCUT2D eigenvalue weighted by molar-refractivity contribution is -0.131. The molecule has 0 N–H and O–H groups in total. The van der Waals surface area contributed by atoms with Crippen LogP contribution in [0.2, 0.25) is 0 Å². The van der Waals surface area contributed by atoms with Gasteiger partial charge in [-0.15, -0.1) is 0 Å². The average molecular weight is 225 g/mol. The summed E-state index contributed by atoms with van der Waals surface area (Å²) in [7, 11) is 1.75. The second-order valence-electron chi connectivity index (χ2n) is 4.29. The molecule has 0 radical (unpaired) electrons. The fraction of sp³-hybridized carbons (Fsp3) is 0.833. The van der Waals surface area contributed by atoms with Crippen LogP contribution in [-0.4, -0.2) is 48.4 Å². The monoisotopic (exact) mass is 225 g/mol. The zero-order valence-corrected chi connectivity index (χ0v) is 10.9. The summed E-state index contributed by atoms with van der Waals surface area (Å²) in [6.07, 6.45) is 1.45. The Morgan fingerprint density at radius 2 is 2.00 bits per heavy atom. The van der Waals surface area contributed by atoms with Gasteiger partial charge in [-0.05, 0) is 26.8 Å². The van der Waals surface area contributed by atoms with Crippen LogP contribution in [0.3, 0.4) is 0 Å². The van der Waals surface area contributed by atoms with Crippen molar-refractivity contribution in [2.45, 2.75) is 39.7 Å². The van der Waals surface area contributed by atoms with E-state index in [2.05, 4.69) is 25.7 Å². The van der Waals surface area contributed by atoms with Crippen molar-refractivity contribution in [3.63, 3.8) is 0 Å². The van der Waals surface area contributed by atoms with Gasteiger partial charge in [-0.25, -0.2) is 0 Å². The van der Waals surface area contributed by atoms with Crippen LogP contribution in [0.4, 0.5) is 0 Å². The molecule has 0 atom stereocenters. The zero-order chi connectivity index (χ0) is 12.6. The molecule has 0 aromatic heterocycles. The van der Waals surface area contributed by atoms with E-state index in [9.17, 15) is 4.79 Å². The Morgan fingerprint density at radius 3 is 2.44 bits per heavy atom. The molecule has 0 aromatic rings. The fourth-order valence-corrected chi connectivity index (χ4v) is 1.44. The summed E-state index contributed by atoms with van der Waals surface area (Å²) in [5.74, 6) is 0.0948. The van der Waals surface area contributed by atoms with Gasteiger partial charge in [0.05, 0.1) is 19.0 Å². The Labute approximate surface area is 98.8 Å². The minimum atomic E-state index is 0.0948. The van der Waals surface area contributed by atoms with Gasteiger partial charge >= 0.3 is 0 Å². The van der Waals surface area contributed by atoms with Crippen molar-refractivity contribution >= 4 is 5.91 Å². The third-order valence-corrected chi connectivity index (χ3v) is 2.56. The summed E-state index contributed by atoms with van der Waals surface area (Å²) in [4.78, 5) is 15.6. The van der Waals surface area contributed by atoms with E-state index >= 15 is 0 Å². The van der Waals surface area contributed by atoms with E-state index in [0.717, 1.165) is 13.0 Å². The van der Waals surface area contributed by atoms with Gasteiger partial charge < -0.3 is 4.90 Å². The number of nitrogens with zero attached hydrogens (tertiary/aromatic N) is 3. The van der Waals surface area contributed by atoms with Crippen molar-refractivity contribution in [2.24, 2.45) is 0 Å². The van der Waals surface area contributed by atoms with Crippen LogP contribution in [0.15, 0.2) is 0 Å². The molecule has 4 nitrogen and oxygen atoms in total. The molecule has 0 bridgehead atoms. The van der Waals surface area contributed by atoms with Gasteiger partial charge in [-0.3, -0.25) is 9.69 Å². The first-order valence-electron chi connectivity index (χ1n) is 5.87. The van der Waals surface area contributed by atoms with Gasteiger partial charge in [-0.1, -0.05) is 6.92 Å². The number of hydrogen-bond donors (Lipinski definition) is 0. The van der Waals surface area contributed by atoms with Crippen molar-refractivity contribution in [3.8, 4) is 6.07 Å². The zero-order valence-electron chi connectivity index (χ0n) is 10.9. The highest BCUT2D eigenvalue weighted by Crippen LogP contribution is 2.01. The van der Waals surface area contributed by atoms with E-state index in [1.54, 1.807) is 11.9 Å². The van der Waals surface area contributed by atoms with Crippen LogP contribution in [-0.2, 0) is 4.79 Å². The molecule has 16 heavy (non-hydrogen) atoms. The van der Waals surface area contributed by atoms with Gasteiger partial charge in [0.25, 0.3) is 0 Å². The van der Waals surface area contributed by atoms with Crippen LogP contribution >= 0.6 is 0 Å². The van der Waals surface area contributed by atoms with E-state index in [-0.39, 0.29) is 5.91 Å². The van der Waals surface area contributed by atoms with E-state index in [1.165, 1.54) is 0 Å². The first-order chi connectivity index (χ1) is 7.52. The van der Waals surface area contributed by atoms with Crippen molar-refractivity contribution in [3.05, 3.63) is 0 Å². The number of hydrogen-bond acceptors (Lipinski definition) is 3. The molecular weight excluding hydrogens is 202 g/mol. The molecule has 0 rings (SSSR count). The first-order valence-corrected chi connectivity index (χ1v) is 5.87. The van der Waals surface area contributed by atoms with Crippen LogP contribution < -0.4 is 0 Å². The summed E-state index contributed by atoms with van der Waals surface area (Å²) in [5, 5.41) is 8.45. The number of likely N-dealkylation sites (N-methyl/N-ethyl adjacent to an activating group) is 1. The molecule has 0 heterocycles. The van der Waals surface area contributed by atoms with E-state index in [1.807, 2.05) is 6.07 Å². The molecule has 0 saturated heterocycles. The molecule has 92 valence electrons. The Bertz CT molecular complexity index is 245. The van der Waals surface area contributed by atoms with Crippen LogP contribution in [0.5, 0.6) is 0 Å². The van der Waals surface area contributed by atoms with Gasteiger partial charge in [0, 0.05) is 19.6 Å². The number of carbonyl (C=O) groups excluding carboxylic acids is 1. The number of amides is 1. The van der Waals surface area contributed by atoms with E-state index in [0.29, 0.717) is 25.6 Å². The predicted molar refractivity (Wildman–Crippen MR) is 64.9 cm³/mol. The maximum absolute atomic E-state index is 11.8. The van der Waals surface area contributed by atoms with Crippen molar-refractivity contribution in [1.29, 1.82) is 5.26 Å². The van der Waals surface area contributed by atoms with Crippen molar-refractivity contribution < 1.29 is 4.79 Å². The normalized spacial score (nSPS) is 10.6. The minimum Gasteiger partial charge on any atom is -0.344 e. The predicted octanol–water partition coefficient (Wildman–Crippen LogP) is 1.48. The third-order valence-electron chi connectivity index (χ3n) is 2.56. The Kier molecular flexibility index (Phi) is 7.57. The highest BCUT2D eigenvalue weighted by molar-refractivity contribution is 5.78. The molecular formula is C12H23N3O. The lowest BCUT2D eigenvalue weighted by Gasteiger charge is -2.27. The van der Waals surface area contributed by atoms with Crippen LogP contribution in [0, 0.1) is 11.3 Å². The van der Waals surface area contributed by atoms with Crippen molar-refractivity contribution in [2.75, 3.05) is 26.7 Å². The standard InChI is InChI=1S/C12H23N3O/c1-5-8-15(11(2)3)10-12(16)14(4)9-6-7-13/h11H,5-6,8-10H2,1-4H3. The van der Waals surface area contributed by atoms with Gasteiger partial charge in [0.15, 0.2) is 0 Å². The van der Waals surface area contributed by atoms with Gasteiger partial charge in [-0.2, -0.15) is 5.26 Å². The second-order valence-corrected chi connectivity index (χ2v) is 4.29. The molecule has 0 aromatic carbocycles. The smallest absolute Gasteiger partial charge is 0.236 e. The molecule has 4 heteroatoms. The van der Waals surface area contributed by atoms with Gasteiger partial charge in [0.1, 0.15) is 0 Å².